The number of fused-ring (bicyclic) bond motifs is 2. The third kappa shape index (κ3) is 7.39. The van der Waals surface area contributed by atoms with Gasteiger partial charge in [-0.05, 0) is 112 Å². The van der Waals surface area contributed by atoms with E-state index in [1.54, 1.807) is 11.3 Å². The number of carboxylic acids is 1. The van der Waals surface area contributed by atoms with Crippen molar-refractivity contribution in [2.24, 2.45) is 16.2 Å². The van der Waals surface area contributed by atoms with Crippen LogP contribution in [0.3, 0.4) is 0 Å². The molecule has 1 aliphatic heterocycles. The van der Waals surface area contributed by atoms with Crippen LogP contribution in [0.1, 0.15) is 92.5 Å². The molecule has 0 unspecified atom stereocenters. The first kappa shape index (κ1) is 39.7. The molecule has 4 aliphatic carbocycles. The number of aromatic nitrogens is 6. The Hall–Kier alpha value is -3.77. The van der Waals surface area contributed by atoms with Crippen molar-refractivity contribution >= 4 is 73.0 Å². The first-order valence-electron chi connectivity index (χ1n) is 20.5. The number of para-hydroxylation sites is 1. The number of aliphatic hydroxyl groups is 1. The summed E-state index contributed by atoms with van der Waals surface area (Å²) < 4.78 is 12.4. The zero-order chi connectivity index (χ0) is 40.5. The maximum absolute atomic E-state index is 12.9. The van der Waals surface area contributed by atoms with E-state index in [9.17, 15) is 15.0 Å². The van der Waals surface area contributed by atoms with E-state index in [0.717, 1.165) is 109 Å². The van der Waals surface area contributed by atoms with E-state index in [1.807, 2.05) is 48.4 Å². The van der Waals surface area contributed by atoms with Gasteiger partial charge in [-0.2, -0.15) is 5.10 Å². The SMILES string of the molecule is Cc1c(Nc2nc3ccccc3s2)nnc2c1CCCN2c1ccc(-c2cnn(C[C@]34C[C@]5(C)C[C@](C)(C3)C[C@@](OCCN(I)CCCO)(C5)C4)c2C)c(C(=O)O)n1. The first-order valence-corrected chi connectivity index (χ1v) is 22.3. The lowest BCUT2D eigenvalue weighted by Crippen LogP contribution is -2.64. The van der Waals surface area contributed by atoms with Crippen LogP contribution in [0.2, 0.25) is 0 Å². The highest BCUT2D eigenvalue weighted by molar-refractivity contribution is 14.1. The Morgan fingerprint density at radius 1 is 1.00 bits per heavy atom. The predicted octanol–water partition coefficient (Wildman–Crippen LogP) is 8.66. The van der Waals surface area contributed by atoms with Gasteiger partial charge >= 0.3 is 5.97 Å². The highest BCUT2D eigenvalue weighted by Gasteiger charge is 2.66. The van der Waals surface area contributed by atoms with E-state index in [0.29, 0.717) is 36.2 Å². The fraction of sp³-hybridized carbons (Fsp3) is 0.535. The van der Waals surface area contributed by atoms with Gasteiger partial charge in [-0.3, -0.25) is 4.68 Å². The van der Waals surface area contributed by atoms with Gasteiger partial charge in [0.25, 0.3) is 0 Å². The Morgan fingerprint density at radius 2 is 1.79 bits per heavy atom. The molecule has 1 aromatic carbocycles. The Labute approximate surface area is 357 Å². The Balaban J connectivity index is 0.959. The van der Waals surface area contributed by atoms with E-state index in [1.165, 1.54) is 6.42 Å². The number of benzene rings is 1. The number of carbonyl (C=O) groups is 1. The van der Waals surface area contributed by atoms with Crippen LogP contribution in [0.4, 0.5) is 22.6 Å². The number of thiazole rings is 1. The molecule has 15 heteroatoms. The monoisotopic (exact) mass is 917 g/mol. The summed E-state index contributed by atoms with van der Waals surface area (Å²) in [6.07, 6.45) is 11.0. The molecule has 10 rings (SSSR count). The third-order valence-corrected chi connectivity index (χ3v) is 15.0. The van der Waals surface area contributed by atoms with Crippen LogP contribution in [0.5, 0.6) is 0 Å². The highest BCUT2D eigenvalue weighted by atomic mass is 127. The van der Waals surface area contributed by atoms with E-state index in [4.69, 9.17) is 19.8 Å². The molecule has 0 saturated heterocycles. The predicted molar refractivity (Wildman–Crippen MR) is 234 cm³/mol. The average molecular weight is 918 g/mol. The molecular formula is C43H52IN9O4S. The van der Waals surface area contributed by atoms with Gasteiger partial charge in [-0.25, -0.2) is 17.9 Å². The largest absolute Gasteiger partial charge is 0.476 e. The number of aliphatic hydroxyl groups excluding tert-OH is 1. The molecule has 0 radical (unpaired) electrons. The molecule has 4 saturated carbocycles. The normalized spacial score (nSPS) is 26.2. The second-order valence-corrected chi connectivity index (χ2v) is 20.6. The topological polar surface area (TPSA) is 155 Å². The summed E-state index contributed by atoms with van der Waals surface area (Å²) in [5, 5.41) is 38.2. The molecule has 4 aromatic heterocycles. The number of ether oxygens (including phenoxy) is 1. The summed E-state index contributed by atoms with van der Waals surface area (Å²) in [6, 6.07) is 11.8. The number of carboxylic acid groups (broad SMARTS) is 1. The molecular weight excluding hydrogens is 866 g/mol. The van der Waals surface area contributed by atoms with Crippen molar-refractivity contribution in [2.45, 2.75) is 97.6 Å². The minimum Gasteiger partial charge on any atom is -0.476 e. The van der Waals surface area contributed by atoms with Crippen molar-refractivity contribution in [3.8, 4) is 11.1 Å². The molecule has 13 nitrogen and oxygen atoms in total. The van der Waals surface area contributed by atoms with Gasteiger partial charge in [0.1, 0.15) is 5.82 Å². The van der Waals surface area contributed by atoms with Crippen molar-refractivity contribution in [2.75, 3.05) is 43.1 Å². The first-order chi connectivity index (χ1) is 27.8. The summed E-state index contributed by atoms with van der Waals surface area (Å²) in [4.78, 5) is 24.4. The fourth-order valence-corrected chi connectivity index (χ4v) is 13.4. The molecule has 5 heterocycles. The molecule has 4 bridgehead atoms. The molecule has 0 amide bonds. The minimum atomic E-state index is -1.08. The summed E-state index contributed by atoms with van der Waals surface area (Å²) in [5.74, 6) is 0.819. The molecule has 4 atom stereocenters. The summed E-state index contributed by atoms with van der Waals surface area (Å²) in [5.41, 5.74) is 5.57. The van der Waals surface area contributed by atoms with Crippen molar-refractivity contribution in [1.29, 1.82) is 0 Å². The molecule has 5 aliphatic rings. The van der Waals surface area contributed by atoms with Gasteiger partial charge in [0.15, 0.2) is 22.5 Å². The number of nitrogens with zero attached hydrogens (tertiary/aromatic N) is 8. The third-order valence-electron chi connectivity index (χ3n) is 13.1. The molecule has 4 fully saturated rings. The smallest absolute Gasteiger partial charge is 0.355 e. The zero-order valence-corrected chi connectivity index (χ0v) is 36.7. The Kier molecular flexibility index (Phi) is 10.3. The van der Waals surface area contributed by atoms with Gasteiger partial charge in [-0.15, -0.1) is 10.2 Å². The van der Waals surface area contributed by atoms with E-state index in [2.05, 4.69) is 73.0 Å². The van der Waals surface area contributed by atoms with Crippen LogP contribution >= 0.6 is 34.2 Å². The van der Waals surface area contributed by atoms with Crippen molar-refractivity contribution < 1.29 is 19.7 Å². The van der Waals surface area contributed by atoms with Crippen LogP contribution in [-0.2, 0) is 17.7 Å². The van der Waals surface area contributed by atoms with E-state index < -0.39 is 5.97 Å². The standard InChI is InChI=1S/C43H52IN9O4S/c1-27-29-9-7-15-52(37(29)50-49-36(27)48-39-46-32-10-5-6-11-33(32)58-39)34-13-12-30(35(47-34)38(55)56)31-19-45-53(28(31)2)26-42-21-40(3)20-41(4,22-42)24-43(23-40,25-42)57-18-16-51(44)14-8-17-54/h5-6,10-13,19,54H,7-9,14-18,20-26H2,1-4H3,(H,55,56)(H,46,48,49)/t40-,41+,42+,43-. The summed E-state index contributed by atoms with van der Waals surface area (Å²) in [7, 11) is 0. The van der Waals surface area contributed by atoms with Crippen molar-refractivity contribution in [1.82, 2.24) is 33.1 Å². The van der Waals surface area contributed by atoms with Gasteiger partial charge in [-0.1, -0.05) is 37.3 Å². The van der Waals surface area contributed by atoms with Crippen LogP contribution in [0, 0.1) is 30.1 Å². The van der Waals surface area contributed by atoms with Crippen LogP contribution in [0.15, 0.2) is 42.6 Å². The number of rotatable bonds is 14. The number of aromatic carboxylic acids is 1. The van der Waals surface area contributed by atoms with Gasteiger partial charge in [0, 0.05) is 83.6 Å². The van der Waals surface area contributed by atoms with Crippen LogP contribution in [0.25, 0.3) is 21.3 Å². The van der Waals surface area contributed by atoms with Crippen molar-refractivity contribution in [3.05, 3.63) is 65.1 Å². The number of anilines is 4. The number of halogens is 1. The molecule has 58 heavy (non-hydrogen) atoms. The maximum atomic E-state index is 12.9. The molecule has 5 aromatic rings. The second kappa shape index (κ2) is 15.0. The zero-order valence-electron chi connectivity index (χ0n) is 33.7. The highest BCUT2D eigenvalue weighted by Crippen LogP contribution is 2.72. The fourth-order valence-electron chi connectivity index (χ4n) is 12.0. The number of nitrogens with one attached hydrogen (secondary N) is 1. The van der Waals surface area contributed by atoms with Crippen molar-refractivity contribution in [3.63, 3.8) is 0 Å². The van der Waals surface area contributed by atoms with Gasteiger partial charge in [0.05, 0.1) is 28.6 Å². The van der Waals surface area contributed by atoms with Gasteiger partial charge in [0.2, 0.25) is 0 Å². The number of pyridine rings is 1. The van der Waals surface area contributed by atoms with E-state index in [-0.39, 0.29) is 34.1 Å². The number of hydrogen-bond acceptors (Lipinski definition) is 12. The van der Waals surface area contributed by atoms with Crippen LogP contribution < -0.4 is 10.2 Å². The quantitative estimate of drug-likeness (QED) is 0.0722. The lowest BCUT2D eigenvalue weighted by atomic mass is 9.39. The lowest BCUT2D eigenvalue weighted by Gasteiger charge is -2.69. The van der Waals surface area contributed by atoms with E-state index >= 15 is 0 Å². The van der Waals surface area contributed by atoms with Crippen LogP contribution in [-0.4, -0.2) is 87.7 Å². The number of hydrogen-bond donors (Lipinski definition) is 3. The summed E-state index contributed by atoms with van der Waals surface area (Å²) >= 11 is 3.92. The van der Waals surface area contributed by atoms with Gasteiger partial charge < -0.3 is 25.2 Å². The molecule has 0 spiro atoms. The molecule has 306 valence electrons. The average Bonchev–Trinajstić information content (AvgIpc) is 3.74. The summed E-state index contributed by atoms with van der Waals surface area (Å²) in [6.45, 7) is 13.0. The maximum Gasteiger partial charge on any atom is 0.355 e. The second-order valence-electron chi connectivity index (χ2n) is 18.2. The lowest BCUT2D eigenvalue weighted by molar-refractivity contribution is -0.248. The minimum absolute atomic E-state index is 0.00319. The molecule has 3 N–H and O–H groups in total. The Bertz CT molecular complexity index is 2330. The Morgan fingerprint density at radius 3 is 2.55 bits per heavy atom.